The Morgan fingerprint density at radius 1 is 1.09 bits per heavy atom. The van der Waals surface area contributed by atoms with E-state index >= 15 is 0 Å². The van der Waals surface area contributed by atoms with Crippen molar-refractivity contribution in [3.05, 3.63) is 70.8 Å². The minimum atomic E-state index is -0.307. The second-order valence-corrected chi connectivity index (χ2v) is 8.57. The van der Waals surface area contributed by atoms with Crippen LogP contribution >= 0.6 is 0 Å². The third-order valence-electron chi connectivity index (χ3n) is 6.28. The average molecular weight is 462 g/mol. The van der Waals surface area contributed by atoms with Gasteiger partial charge in [0.15, 0.2) is 5.82 Å². The molecule has 1 saturated heterocycles. The number of nitrogens with zero attached hydrogens (tertiary/aromatic N) is 6. The third kappa shape index (κ3) is 5.14. The maximum absolute atomic E-state index is 12.0. The van der Waals surface area contributed by atoms with E-state index in [1.165, 1.54) is 30.0 Å². The molecule has 3 heterocycles. The predicted molar refractivity (Wildman–Crippen MR) is 131 cm³/mol. The highest BCUT2D eigenvalue weighted by Gasteiger charge is 2.27. The lowest BCUT2D eigenvalue weighted by Gasteiger charge is -2.41. The van der Waals surface area contributed by atoms with Crippen LogP contribution in [-0.2, 0) is 11.2 Å². The second kappa shape index (κ2) is 10.6. The van der Waals surface area contributed by atoms with Gasteiger partial charge in [0.05, 0.1) is 18.1 Å². The number of carbonyl (C=O) groups excluding carboxylic acids is 1. The Kier molecular flexibility index (Phi) is 7.32. The lowest BCUT2D eigenvalue weighted by Crippen LogP contribution is -2.53. The van der Waals surface area contributed by atoms with Gasteiger partial charge in [-0.15, -0.1) is 5.10 Å². The van der Waals surface area contributed by atoms with Gasteiger partial charge in [0.2, 0.25) is 0 Å². The molecule has 34 heavy (non-hydrogen) atoms. The van der Waals surface area contributed by atoms with Crippen LogP contribution in [0.2, 0.25) is 0 Å². The van der Waals surface area contributed by atoms with E-state index in [1.54, 1.807) is 6.20 Å². The molecule has 178 valence electrons. The van der Waals surface area contributed by atoms with E-state index in [-0.39, 0.29) is 24.4 Å². The number of nitrogens with one attached hydrogen (secondary N) is 1. The summed E-state index contributed by atoms with van der Waals surface area (Å²) in [5.41, 5.74) is 4.88. The first kappa shape index (κ1) is 23.6. The fraction of sp³-hybridized carbons (Fsp3) is 0.400. The molecule has 1 aliphatic heterocycles. The first-order valence-corrected chi connectivity index (χ1v) is 11.5. The standard InChI is InChI=1S/C25H31N7O2/c1-17-15-31(10-11-32(17)23-14-26-22(13-27-23)25(33)28-16-34-4)24-19(3)18(2)21(29-30-24)12-20-8-6-5-7-9-20/h5-9,13-14,17H,10-12,15-16H2,1-4H3,(H,28,33)/t17-/m1/s1. The molecule has 1 atom stereocenters. The van der Waals surface area contributed by atoms with Crippen LogP contribution in [0.5, 0.6) is 0 Å². The molecule has 9 nitrogen and oxygen atoms in total. The van der Waals surface area contributed by atoms with Gasteiger partial charge in [-0.3, -0.25) is 4.79 Å². The van der Waals surface area contributed by atoms with Crippen LogP contribution in [0.3, 0.4) is 0 Å². The zero-order valence-electron chi connectivity index (χ0n) is 20.2. The van der Waals surface area contributed by atoms with Gasteiger partial charge in [0.25, 0.3) is 5.91 Å². The SMILES string of the molecule is COCNC(=O)c1cnc(N2CCN(c3nnc(Cc4ccccc4)c(C)c3C)C[C@H]2C)cn1. The van der Waals surface area contributed by atoms with Crippen LogP contribution in [0.15, 0.2) is 42.7 Å². The fourth-order valence-corrected chi connectivity index (χ4v) is 4.20. The number of aromatic nitrogens is 4. The van der Waals surface area contributed by atoms with Crippen molar-refractivity contribution in [2.24, 2.45) is 0 Å². The van der Waals surface area contributed by atoms with Gasteiger partial charge in [-0.05, 0) is 37.5 Å². The molecule has 1 fully saturated rings. The van der Waals surface area contributed by atoms with Gasteiger partial charge >= 0.3 is 0 Å². The van der Waals surface area contributed by atoms with Gasteiger partial charge in [-0.1, -0.05) is 30.3 Å². The molecule has 2 aromatic heterocycles. The zero-order chi connectivity index (χ0) is 24.1. The molecule has 1 N–H and O–H groups in total. The topological polar surface area (TPSA) is 96.4 Å². The van der Waals surface area contributed by atoms with Crippen molar-refractivity contribution < 1.29 is 9.53 Å². The quantitative estimate of drug-likeness (QED) is 0.536. The van der Waals surface area contributed by atoms with Crippen molar-refractivity contribution in [2.45, 2.75) is 33.2 Å². The highest BCUT2D eigenvalue weighted by atomic mass is 16.5. The number of anilines is 2. The van der Waals surface area contributed by atoms with Crippen molar-refractivity contribution in [1.82, 2.24) is 25.5 Å². The number of benzene rings is 1. The Hall–Kier alpha value is -3.59. The lowest BCUT2D eigenvalue weighted by molar-refractivity contribution is 0.0867. The molecule has 1 amide bonds. The molecule has 3 aromatic rings. The summed E-state index contributed by atoms with van der Waals surface area (Å²) in [7, 11) is 1.52. The minimum absolute atomic E-state index is 0.135. The molecule has 0 radical (unpaired) electrons. The van der Waals surface area contributed by atoms with E-state index < -0.39 is 0 Å². The zero-order valence-corrected chi connectivity index (χ0v) is 20.2. The Labute approximate surface area is 200 Å². The van der Waals surface area contributed by atoms with Crippen molar-refractivity contribution in [3.8, 4) is 0 Å². The summed E-state index contributed by atoms with van der Waals surface area (Å²) in [6.45, 7) is 8.93. The largest absolute Gasteiger partial charge is 0.364 e. The average Bonchev–Trinajstić information content (AvgIpc) is 2.86. The number of amides is 1. The highest BCUT2D eigenvalue weighted by molar-refractivity contribution is 5.91. The van der Waals surface area contributed by atoms with E-state index in [1.807, 2.05) is 18.2 Å². The Morgan fingerprint density at radius 3 is 2.56 bits per heavy atom. The number of hydrogen-bond acceptors (Lipinski definition) is 8. The van der Waals surface area contributed by atoms with Gasteiger partial charge in [-0.2, -0.15) is 5.10 Å². The Balaban J connectivity index is 1.43. The molecule has 1 aromatic carbocycles. The molecule has 0 bridgehead atoms. The van der Waals surface area contributed by atoms with Crippen LogP contribution in [0, 0.1) is 13.8 Å². The number of hydrogen-bond donors (Lipinski definition) is 1. The van der Waals surface area contributed by atoms with Crippen molar-refractivity contribution in [1.29, 1.82) is 0 Å². The summed E-state index contributed by atoms with van der Waals surface area (Å²) in [5.74, 6) is 1.39. The maximum atomic E-state index is 12.0. The summed E-state index contributed by atoms with van der Waals surface area (Å²) in [4.78, 5) is 25.3. The van der Waals surface area contributed by atoms with E-state index in [2.05, 4.69) is 68.2 Å². The maximum Gasteiger partial charge on any atom is 0.273 e. The number of ether oxygens (including phenoxy) is 1. The van der Waals surface area contributed by atoms with Crippen molar-refractivity contribution in [2.75, 3.05) is 43.3 Å². The highest BCUT2D eigenvalue weighted by Crippen LogP contribution is 2.26. The molecule has 1 aliphatic rings. The molecule has 4 rings (SSSR count). The predicted octanol–water partition coefficient (Wildman–Crippen LogP) is 2.52. The van der Waals surface area contributed by atoms with E-state index in [9.17, 15) is 4.79 Å². The molecule has 0 unspecified atom stereocenters. The lowest BCUT2D eigenvalue weighted by atomic mass is 10.0. The smallest absolute Gasteiger partial charge is 0.273 e. The number of piperazine rings is 1. The molecule has 0 spiro atoms. The van der Waals surface area contributed by atoms with Gasteiger partial charge < -0.3 is 19.9 Å². The van der Waals surface area contributed by atoms with E-state index in [0.29, 0.717) is 0 Å². The molecule has 0 aliphatic carbocycles. The van der Waals surface area contributed by atoms with Gasteiger partial charge in [0, 0.05) is 39.2 Å². The molecule has 9 heteroatoms. The summed E-state index contributed by atoms with van der Waals surface area (Å²) < 4.78 is 4.86. The summed E-state index contributed by atoms with van der Waals surface area (Å²) in [6.07, 6.45) is 3.94. The second-order valence-electron chi connectivity index (χ2n) is 8.57. The van der Waals surface area contributed by atoms with Gasteiger partial charge in [0.1, 0.15) is 18.2 Å². The Bertz CT molecular complexity index is 1120. The third-order valence-corrected chi connectivity index (χ3v) is 6.28. The molecular weight excluding hydrogens is 430 g/mol. The number of carbonyl (C=O) groups is 1. The first-order valence-electron chi connectivity index (χ1n) is 11.5. The monoisotopic (exact) mass is 461 g/mol. The van der Waals surface area contributed by atoms with Crippen LogP contribution in [0.4, 0.5) is 11.6 Å². The number of rotatable bonds is 7. The summed E-state index contributed by atoms with van der Waals surface area (Å²) in [6, 6.07) is 10.6. The van der Waals surface area contributed by atoms with Crippen LogP contribution in [0.1, 0.15) is 39.8 Å². The fourth-order valence-electron chi connectivity index (χ4n) is 4.20. The molecule has 0 saturated carbocycles. The minimum Gasteiger partial charge on any atom is -0.364 e. The first-order chi connectivity index (χ1) is 16.5. The number of methoxy groups -OCH3 is 1. The van der Waals surface area contributed by atoms with Crippen molar-refractivity contribution >= 4 is 17.5 Å². The van der Waals surface area contributed by atoms with E-state index in [4.69, 9.17) is 4.74 Å². The van der Waals surface area contributed by atoms with E-state index in [0.717, 1.165) is 43.4 Å². The van der Waals surface area contributed by atoms with Crippen LogP contribution < -0.4 is 15.1 Å². The van der Waals surface area contributed by atoms with Crippen LogP contribution in [0.25, 0.3) is 0 Å². The van der Waals surface area contributed by atoms with Crippen LogP contribution in [-0.4, -0.2) is 65.6 Å². The van der Waals surface area contributed by atoms with Crippen molar-refractivity contribution in [3.63, 3.8) is 0 Å². The summed E-state index contributed by atoms with van der Waals surface area (Å²) in [5, 5.41) is 11.8. The summed E-state index contributed by atoms with van der Waals surface area (Å²) >= 11 is 0. The normalized spacial score (nSPS) is 15.9. The van der Waals surface area contributed by atoms with Gasteiger partial charge in [-0.25, -0.2) is 9.97 Å². The molecular formula is C25H31N7O2. The Morgan fingerprint density at radius 2 is 1.88 bits per heavy atom.